The van der Waals surface area contributed by atoms with Crippen molar-refractivity contribution in [3.8, 4) is 11.5 Å². The molecule has 1 atom stereocenters. The molecule has 0 aliphatic carbocycles. The summed E-state index contributed by atoms with van der Waals surface area (Å²) in [6.07, 6.45) is 2.07. The van der Waals surface area contributed by atoms with Crippen molar-refractivity contribution in [1.82, 2.24) is 15.3 Å². The smallest absolute Gasteiger partial charge is 0.270 e. The van der Waals surface area contributed by atoms with Crippen LogP contribution in [0.4, 0.5) is 5.95 Å². The van der Waals surface area contributed by atoms with Crippen molar-refractivity contribution in [3.05, 3.63) is 29.7 Å². The van der Waals surface area contributed by atoms with Crippen LogP contribution in [0.15, 0.2) is 22.6 Å². The third-order valence-electron chi connectivity index (χ3n) is 3.48. The summed E-state index contributed by atoms with van der Waals surface area (Å²) in [4.78, 5) is 20.3. The Labute approximate surface area is 127 Å². The third kappa shape index (κ3) is 3.25. The number of nitrogens with two attached hydrogens (primary N) is 1. The molecule has 2 aromatic rings. The number of hydrogen-bond donors (Lipinski definition) is 2. The molecule has 1 unspecified atom stereocenters. The highest BCUT2D eigenvalue weighted by Crippen LogP contribution is 2.21. The van der Waals surface area contributed by atoms with Gasteiger partial charge in [0.15, 0.2) is 5.76 Å². The molecule has 7 nitrogen and oxygen atoms in total. The molecule has 1 aliphatic rings. The number of ether oxygens (including phenoxy) is 1. The molecule has 1 fully saturated rings. The molecule has 3 heterocycles. The Morgan fingerprint density at radius 2 is 2.32 bits per heavy atom. The van der Waals surface area contributed by atoms with Crippen LogP contribution in [0.2, 0.25) is 0 Å². The number of aryl methyl sites for hydroxylation is 1. The number of amides is 1. The zero-order chi connectivity index (χ0) is 15.5. The quantitative estimate of drug-likeness (QED) is 0.888. The maximum Gasteiger partial charge on any atom is 0.270 e. The van der Waals surface area contributed by atoms with Crippen LogP contribution >= 0.6 is 0 Å². The largest absolute Gasteiger partial charge is 0.460 e. The maximum atomic E-state index is 12.2. The minimum absolute atomic E-state index is 0.0359. The molecule has 0 saturated carbocycles. The first kappa shape index (κ1) is 14.5. The summed E-state index contributed by atoms with van der Waals surface area (Å²) >= 11 is 0. The minimum Gasteiger partial charge on any atom is -0.460 e. The van der Waals surface area contributed by atoms with E-state index in [9.17, 15) is 4.79 Å². The third-order valence-corrected chi connectivity index (χ3v) is 3.48. The molecule has 3 N–H and O–H groups in total. The number of rotatable bonds is 4. The zero-order valence-electron chi connectivity index (χ0n) is 12.3. The predicted octanol–water partition coefficient (Wildman–Crippen LogP) is 1.54. The highest BCUT2D eigenvalue weighted by molar-refractivity contribution is 5.93. The van der Waals surface area contributed by atoms with Gasteiger partial charge in [0.25, 0.3) is 5.91 Å². The molecular formula is C15H18N4O3. The van der Waals surface area contributed by atoms with Gasteiger partial charge in [0.2, 0.25) is 5.95 Å². The highest BCUT2D eigenvalue weighted by atomic mass is 16.5. The van der Waals surface area contributed by atoms with E-state index < -0.39 is 0 Å². The van der Waals surface area contributed by atoms with Gasteiger partial charge < -0.3 is 20.2 Å². The number of hydrogen-bond acceptors (Lipinski definition) is 6. The first-order valence-corrected chi connectivity index (χ1v) is 7.23. The van der Waals surface area contributed by atoms with E-state index in [-0.39, 0.29) is 23.7 Å². The Morgan fingerprint density at radius 1 is 1.45 bits per heavy atom. The van der Waals surface area contributed by atoms with E-state index in [4.69, 9.17) is 14.9 Å². The molecule has 1 saturated heterocycles. The fourth-order valence-corrected chi connectivity index (χ4v) is 2.38. The Balaban J connectivity index is 1.75. The maximum absolute atomic E-state index is 12.2. The van der Waals surface area contributed by atoms with Crippen molar-refractivity contribution < 1.29 is 13.9 Å². The van der Waals surface area contributed by atoms with E-state index >= 15 is 0 Å². The predicted molar refractivity (Wildman–Crippen MR) is 80.2 cm³/mol. The fraction of sp³-hybridized carbons (Fsp3) is 0.400. The lowest BCUT2D eigenvalue weighted by Gasteiger charge is -2.10. The summed E-state index contributed by atoms with van der Waals surface area (Å²) in [5, 5.41) is 2.81. The molecule has 22 heavy (non-hydrogen) atoms. The molecule has 116 valence electrons. The van der Waals surface area contributed by atoms with Gasteiger partial charge in [-0.3, -0.25) is 4.79 Å². The van der Waals surface area contributed by atoms with Gasteiger partial charge in [0.1, 0.15) is 17.1 Å². The molecular weight excluding hydrogens is 284 g/mol. The van der Waals surface area contributed by atoms with Gasteiger partial charge in [-0.25, -0.2) is 9.97 Å². The van der Waals surface area contributed by atoms with Crippen LogP contribution in [0.3, 0.4) is 0 Å². The van der Waals surface area contributed by atoms with Crippen LogP contribution in [0, 0.1) is 6.92 Å². The number of carbonyl (C=O) groups excluding carboxylic acids is 1. The number of carbonyl (C=O) groups is 1. The molecule has 0 radical (unpaired) electrons. The lowest BCUT2D eigenvalue weighted by molar-refractivity contribution is 0.0853. The van der Waals surface area contributed by atoms with E-state index in [0.717, 1.165) is 25.2 Å². The van der Waals surface area contributed by atoms with Crippen molar-refractivity contribution >= 4 is 11.9 Å². The number of furan rings is 1. The number of nitrogens with one attached hydrogen (secondary N) is 1. The Bertz CT molecular complexity index is 677. The van der Waals surface area contributed by atoms with Crippen LogP contribution in [0.5, 0.6) is 0 Å². The second kappa shape index (κ2) is 6.15. The first-order chi connectivity index (χ1) is 10.6. The van der Waals surface area contributed by atoms with Crippen molar-refractivity contribution in [1.29, 1.82) is 0 Å². The summed E-state index contributed by atoms with van der Waals surface area (Å²) in [6, 6.07) is 5.18. The Morgan fingerprint density at radius 3 is 3.00 bits per heavy atom. The van der Waals surface area contributed by atoms with Crippen molar-refractivity contribution in [2.45, 2.75) is 25.9 Å². The van der Waals surface area contributed by atoms with Gasteiger partial charge >= 0.3 is 0 Å². The summed E-state index contributed by atoms with van der Waals surface area (Å²) in [7, 11) is 0. The average molecular weight is 302 g/mol. The van der Waals surface area contributed by atoms with Crippen LogP contribution in [0.25, 0.3) is 11.5 Å². The standard InChI is InChI=1S/C15H18N4O3/c1-9-4-5-13(22-9)11-7-12(19-15(16)18-11)14(20)17-8-10-3-2-6-21-10/h4-5,7,10H,2-3,6,8H2,1H3,(H,17,20)(H2,16,18,19). The highest BCUT2D eigenvalue weighted by Gasteiger charge is 2.18. The number of anilines is 1. The average Bonchev–Trinajstić information content (AvgIpc) is 3.15. The molecule has 1 aliphatic heterocycles. The van der Waals surface area contributed by atoms with Crippen molar-refractivity contribution in [3.63, 3.8) is 0 Å². The molecule has 2 aromatic heterocycles. The summed E-state index contributed by atoms with van der Waals surface area (Å²) in [5.74, 6) is 1.05. The summed E-state index contributed by atoms with van der Waals surface area (Å²) < 4.78 is 11.0. The monoisotopic (exact) mass is 302 g/mol. The SMILES string of the molecule is Cc1ccc(-c2cc(C(=O)NCC3CCCO3)nc(N)n2)o1. The van der Waals surface area contributed by atoms with Gasteiger partial charge in [0.05, 0.1) is 6.10 Å². The van der Waals surface area contributed by atoms with Crippen molar-refractivity contribution in [2.24, 2.45) is 0 Å². The molecule has 7 heteroatoms. The van der Waals surface area contributed by atoms with Gasteiger partial charge in [0, 0.05) is 13.2 Å². The Kier molecular flexibility index (Phi) is 4.06. The minimum atomic E-state index is -0.297. The number of aromatic nitrogens is 2. The zero-order valence-corrected chi connectivity index (χ0v) is 12.3. The van der Waals surface area contributed by atoms with Crippen LogP contribution in [-0.2, 0) is 4.74 Å². The number of nitrogens with zero attached hydrogens (tertiary/aromatic N) is 2. The topological polar surface area (TPSA) is 103 Å². The van der Waals surface area contributed by atoms with Gasteiger partial charge in [-0.05, 0) is 38.0 Å². The van der Waals surface area contributed by atoms with E-state index in [0.29, 0.717) is 18.0 Å². The van der Waals surface area contributed by atoms with Crippen LogP contribution in [0.1, 0.15) is 29.1 Å². The fourth-order valence-electron chi connectivity index (χ4n) is 2.38. The molecule has 1 amide bonds. The van der Waals surface area contributed by atoms with Crippen molar-refractivity contribution in [2.75, 3.05) is 18.9 Å². The molecule has 3 rings (SSSR count). The normalized spacial score (nSPS) is 17.6. The summed E-state index contributed by atoms with van der Waals surface area (Å²) in [5.41, 5.74) is 6.40. The van der Waals surface area contributed by atoms with E-state index in [1.54, 1.807) is 12.1 Å². The van der Waals surface area contributed by atoms with Gasteiger partial charge in [-0.1, -0.05) is 0 Å². The lowest BCUT2D eigenvalue weighted by atomic mass is 10.2. The van der Waals surface area contributed by atoms with E-state index in [1.807, 2.05) is 13.0 Å². The summed E-state index contributed by atoms with van der Waals surface area (Å²) in [6.45, 7) is 3.06. The lowest BCUT2D eigenvalue weighted by Crippen LogP contribution is -2.32. The van der Waals surface area contributed by atoms with Crippen LogP contribution < -0.4 is 11.1 Å². The first-order valence-electron chi connectivity index (χ1n) is 7.23. The van der Waals surface area contributed by atoms with Gasteiger partial charge in [-0.2, -0.15) is 0 Å². The molecule has 0 spiro atoms. The molecule has 0 aromatic carbocycles. The van der Waals surface area contributed by atoms with E-state index in [1.165, 1.54) is 0 Å². The second-order valence-corrected chi connectivity index (χ2v) is 5.25. The number of nitrogen functional groups attached to an aromatic ring is 1. The second-order valence-electron chi connectivity index (χ2n) is 5.25. The molecule has 0 bridgehead atoms. The van der Waals surface area contributed by atoms with Gasteiger partial charge in [-0.15, -0.1) is 0 Å². The Hall–Kier alpha value is -2.41. The van der Waals surface area contributed by atoms with E-state index in [2.05, 4.69) is 15.3 Å². The van der Waals surface area contributed by atoms with Crippen LogP contribution in [-0.4, -0.2) is 35.1 Å².